The molecule has 4 heteroatoms. The number of hydrogen-bond donors (Lipinski definition) is 0. The molecule has 0 aliphatic carbocycles. The maximum absolute atomic E-state index is 12.0. The molecular formula is C18H27NO3. The topological polar surface area (TPSA) is 38.8 Å². The van der Waals surface area contributed by atoms with E-state index in [1.54, 1.807) is 7.11 Å². The Kier molecular flexibility index (Phi) is 5.59. The standard InChI is InChI=1S/C18H27NO3/c1-18(2,3)15-7-5-14(6-8-15)17(20)22-12-11-19-10-9-16(13-19)21-4/h5-8,16H,9-13H2,1-4H3/t16-/m0/s1. The van der Waals surface area contributed by atoms with Crippen LogP contribution in [0.3, 0.4) is 0 Å². The third kappa shape index (κ3) is 4.55. The van der Waals surface area contributed by atoms with Crippen molar-refractivity contribution in [1.82, 2.24) is 4.90 Å². The van der Waals surface area contributed by atoms with E-state index in [0.717, 1.165) is 26.1 Å². The summed E-state index contributed by atoms with van der Waals surface area (Å²) < 4.78 is 10.7. The van der Waals surface area contributed by atoms with Gasteiger partial charge in [0.1, 0.15) is 6.61 Å². The van der Waals surface area contributed by atoms with Crippen molar-refractivity contribution < 1.29 is 14.3 Å². The number of likely N-dealkylation sites (tertiary alicyclic amines) is 1. The Hall–Kier alpha value is -1.39. The summed E-state index contributed by atoms with van der Waals surface area (Å²) >= 11 is 0. The van der Waals surface area contributed by atoms with E-state index in [4.69, 9.17) is 9.47 Å². The summed E-state index contributed by atoms with van der Waals surface area (Å²) in [5.41, 5.74) is 1.92. The molecule has 0 radical (unpaired) electrons. The summed E-state index contributed by atoms with van der Waals surface area (Å²) in [6, 6.07) is 7.69. The second-order valence-electron chi connectivity index (χ2n) is 6.91. The van der Waals surface area contributed by atoms with Gasteiger partial charge in [-0.05, 0) is 29.5 Å². The first-order chi connectivity index (χ1) is 10.4. The van der Waals surface area contributed by atoms with Crippen molar-refractivity contribution in [3.8, 4) is 0 Å². The Morgan fingerprint density at radius 2 is 1.95 bits per heavy atom. The third-order valence-corrected chi connectivity index (χ3v) is 4.19. The molecule has 1 aliphatic rings. The van der Waals surface area contributed by atoms with Crippen LogP contribution in [0.25, 0.3) is 0 Å². The van der Waals surface area contributed by atoms with Gasteiger partial charge in [-0.25, -0.2) is 4.79 Å². The van der Waals surface area contributed by atoms with E-state index >= 15 is 0 Å². The fraction of sp³-hybridized carbons (Fsp3) is 0.611. The van der Waals surface area contributed by atoms with Crippen molar-refractivity contribution in [2.45, 2.75) is 38.7 Å². The molecule has 22 heavy (non-hydrogen) atoms. The number of carbonyl (C=O) groups is 1. The molecule has 2 rings (SSSR count). The zero-order valence-corrected chi connectivity index (χ0v) is 14.1. The Labute approximate surface area is 133 Å². The summed E-state index contributed by atoms with van der Waals surface area (Å²) in [7, 11) is 1.75. The largest absolute Gasteiger partial charge is 0.461 e. The smallest absolute Gasteiger partial charge is 0.338 e. The van der Waals surface area contributed by atoms with Crippen LogP contribution in [0, 0.1) is 0 Å². The minimum absolute atomic E-state index is 0.0933. The fourth-order valence-corrected chi connectivity index (χ4v) is 2.65. The Balaban J connectivity index is 1.78. The molecule has 1 aliphatic heterocycles. The minimum Gasteiger partial charge on any atom is -0.461 e. The van der Waals surface area contributed by atoms with E-state index in [9.17, 15) is 4.79 Å². The first-order valence-corrected chi connectivity index (χ1v) is 7.93. The van der Waals surface area contributed by atoms with Crippen LogP contribution in [-0.4, -0.2) is 50.3 Å². The van der Waals surface area contributed by atoms with Crippen LogP contribution in [0.15, 0.2) is 24.3 Å². The number of rotatable bonds is 5. The van der Waals surface area contributed by atoms with Gasteiger partial charge in [-0.1, -0.05) is 32.9 Å². The second kappa shape index (κ2) is 7.25. The average molecular weight is 305 g/mol. The summed E-state index contributed by atoms with van der Waals surface area (Å²) in [6.45, 7) is 9.60. The highest BCUT2D eigenvalue weighted by Gasteiger charge is 2.22. The van der Waals surface area contributed by atoms with Crippen LogP contribution >= 0.6 is 0 Å². The molecule has 4 nitrogen and oxygen atoms in total. The Bertz CT molecular complexity index is 490. The molecule has 0 aromatic heterocycles. The molecule has 1 heterocycles. The van der Waals surface area contributed by atoms with Crippen molar-refractivity contribution in [2.75, 3.05) is 33.4 Å². The number of esters is 1. The Morgan fingerprint density at radius 1 is 1.27 bits per heavy atom. The number of methoxy groups -OCH3 is 1. The van der Waals surface area contributed by atoms with Gasteiger partial charge in [-0.2, -0.15) is 0 Å². The quantitative estimate of drug-likeness (QED) is 0.784. The van der Waals surface area contributed by atoms with Gasteiger partial charge in [-0.15, -0.1) is 0 Å². The molecule has 0 amide bonds. The van der Waals surface area contributed by atoms with Gasteiger partial charge >= 0.3 is 5.97 Å². The van der Waals surface area contributed by atoms with E-state index < -0.39 is 0 Å². The van der Waals surface area contributed by atoms with E-state index in [2.05, 4.69) is 25.7 Å². The zero-order valence-electron chi connectivity index (χ0n) is 14.1. The van der Waals surface area contributed by atoms with Crippen LogP contribution in [0.4, 0.5) is 0 Å². The molecule has 0 saturated carbocycles. The van der Waals surface area contributed by atoms with Crippen LogP contribution in [0.1, 0.15) is 43.1 Å². The number of carbonyl (C=O) groups excluding carboxylic acids is 1. The SMILES string of the molecule is CO[C@H]1CCN(CCOC(=O)c2ccc(C(C)(C)C)cc2)C1. The molecule has 1 saturated heterocycles. The zero-order chi connectivity index (χ0) is 16.2. The number of hydrogen-bond acceptors (Lipinski definition) is 4. The minimum atomic E-state index is -0.247. The van der Waals surface area contributed by atoms with Gasteiger partial charge in [0.05, 0.1) is 11.7 Å². The van der Waals surface area contributed by atoms with Crippen LogP contribution in [0.5, 0.6) is 0 Å². The first kappa shape index (κ1) is 17.0. The van der Waals surface area contributed by atoms with Gasteiger partial charge in [0.2, 0.25) is 0 Å². The number of nitrogens with zero attached hydrogens (tertiary/aromatic N) is 1. The van der Waals surface area contributed by atoms with Gasteiger partial charge in [0, 0.05) is 26.7 Å². The maximum Gasteiger partial charge on any atom is 0.338 e. The lowest BCUT2D eigenvalue weighted by molar-refractivity contribution is 0.0461. The monoisotopic (exact) mass is 305 g/mol. The fourth-order valence-electron chi connectivity index (χ4n) is 2.65. The van der Waals surface area contributed by atoms with Crippen LogP contribution < -0.4 is 0 Å². The van der Waals surface area contributed by atoms with Gasteiger partial charge in [0.15, 0.2) is 0 Å². The molecule has 1 fully saturated rings. The predicted molar refractivity (Wildman–Crippen MR) is 87.3 cm³/mol. The molecule has 0 bridgehead atoms. The normalized spacial score (nSPS) is 19.4. The van der Waals surface area contributed by atoms with E-state index in [0.29, 0.717) is 18.3 Å². The lowest BCUT2D eigenvalue weighted by Crippen LogP contribution is -2.27. The highest BCUT2D eigenvalue weighted by atomic mass is 16.5. The van der Waals surface area contributed by atoms with Crippen molar-refractivity contribution in [3.05, 3.63) is 35.4 Å². The maximum atomic E-state index is 12.0. The van der Waals surface area contributed by atoms with Crippen molar-refractivity contribution in [2.24, 2.45) is 0 Å². The first-order valence-electron chi connectivity index (χ1n) is 7.93. The summed E-state index contributed by atoms with van der Waals surface area (Å²) in [4.78, 5) is 14.3. The molecule has 1 aromatic carbocycles. The van der Waals surface area contributed by atoms with Gasteiger partial charge in [-0.3, -0.25) is 4.90 Å². The third-order valence-electron chi connectivity index (χ3n) is 4.19. The Morgan fingerprint density at radius 3 is 2.50 bits per heavy atom. The number of benzene rings is 1. The molecule has 0 N–H and O–H groups in total. The average Bonchev–Trinajstić information content (AvgIpc) is 2.94. The van der Waals surface area contributed by atoms with Crippen LogP contribution in [0.2, 0.25) is 0 Å². The molecule has 1 atom stereocenters. The molecular weight excluding hydrogens is 278 g/mol. The lowest BCUT2D eigenvalue weighted by atomic mass is 9.87. The van der Waals surface area contributed by atoms with E-state index in [1.807, 2.05) is 24.3 Å². The highest BCUT2D eigenvalue weighted by Crippen LogP contribution is 2.22. The van der Waals surface area contributed by atoms with E-state index in [1.165, 1.54) is 5.56 Å². The predicted octanol–water partition coefficient (Wildman–Crippen LogP) is 2.86. The molecule has 0 spiro atoms. The summed E-state index contributed by atoms with van der Waals surface area (Å²) in [6.07, 6.45) is 1.37. The van der Waals surface area contributed by atoms with Crippen molar-refractivity contribution in [1.29, 1.82) is 0 Å². The van der Waals surface area contributed by atoms with Crippen molar-refractivity contribution in [3.63, 3.8) is 0 Å². The van der Waals surface area contributed by atoms with Gasteiger partial charge in [0.25, 0.3) is 0 Å². The second-order valence-corrected chi connectivity index (χ2v) is 6.91. The summed E-state index contributed by atoms with van der Waals surface area (Å²) in [5, 5.41) is 0. The molecule has 1 aromatic rings. The van der Waals surface area contributed by atoms with Gasteiger partial charge < -0.3 is 9.47 Å². The van der Waals surface area contributed by atoms with Crippen LogP contribution in [-0.2, 0) is 14.9 Å². The molecule has 0 unspecified atom stereocenters. The van der Waals surface area contributed by atoms with Crippen molar-refractivity contribution >= 4 is 5.97 Å². The van der Waals surface area contributed by atoms with E-state index in [-0.39, 0.29) is 11.4 Å². The summed E-state index contributed by atoms with van der Waals surface area (Å²) in [5.74, 6) is -0.247. The number of ether oxygens (including phenoxy) is 2. The lowest BCUT2D eigenvalue weighted by Gasteiger charge is -2.19. The molecule has 122 valence electrons. The highest BCUT2D eigenvalue weighted by molar-refractivity contribution is 5.89.